The highest BCUT2D eigenvalue weighted by atomic mass is 16.5. The zero-order chi connectivity index (χ0) is 13.6. The molecule has 0 saturated carbocycles. The predicted octanol–water partition coefficient (Wildman–Crippen LogP) is 4.90. The van der Waals surface area contributed by atoms with E-state index >= 15 is 0 Å². The van der Waals surface area contributed by atoms with Crippen LogP contribution in [0.1, 0.15) is 85.0 Å². The number of carbonyl (C=O) groups is 1. The van der Waals surface area contributed by atoms with E-state index in [2.05, 4.69) is 6.92 Å². The number of carbonyl (C=O) groups excluding carboxylic acids is 1. The van der Waals surface area contributed by atoms with Crippen LogP contribution in [0, 0.1) is 0 Å². The molecule has 0 spiro atoms. The van der Waals surface area contributed by atoms with Crippen molar-refractivity contribution in [2.45, 2.75) is 91.1 Å². The lowest BCUT2D eigenvalue weighted by Gasteiger charge is -2.12. The molecule has 0 fully saturated rings. The Morgan fingerprint density at radius 2 is 1.39 bits per heavy atom. The number of rotatable bonds is 13. The van der Waals surface area contributed by atoms with Gasteiger partial charge in [0.25, 0.3) is 0 Å². The van der Waals surface area contributed by atoms with Crippen LogP contribution < -0.4 is 0 Å². The second kappa shape index (κ2) is 13.1. The van der Waals surface area contributed by atoms with Gasteiger partial charge < -0.3 is 4.74 Å². The molecule has 1 atom stereocenters. The molecule has 0 heterocycles. The maximum Gasteiger partial charge on any atom is 0.158 e. The molecule has 18 heavy (non-hydrogen) atoms. The molecule has 0 aliphatic rings. The van der Waals surface area contributed by atoms with Gasteiger partial charge in [0.15, 0.2) is 5.78 Å². The lowest BCUT2D eigenvalue weighted by Crippen LogP contribution is -2.21. The molecule has 0 amide bonds. The first-order valence-electron chi connectivity index (χ1n) is 7.84. The van der Waals surface area contributed by atoms with Crippen molar-refractivity contribution in [2.24, 2.45) is 0 Å². The van der Waals surface area contributed by atoms with Gasteiger partial charge in [-0.3, -0.25) is 4.79 Å². The monoisotopic (exact) mass is 256 g/mol. The van der Waals surface area contributed by atoms with Crippen molar-refractivity contribution in [1.82, 2.24) is 0 Å². The van der Waals surface area contributed by atoms with Crippen LogP contribution in [0.2, 0.25) is 0 Å². The van der Waals surface area contributed by atoms with E-state index in [0.717, 1.165) is 19.4 Å². The first-order valence-corrected chi connectivity index (χ1v) is 7.84. The Balaban J connectivity index is 3.18. The molecule has 0 aromatic heterocycles. The highest BCUT2D eigenvalue weighted by molar-refractivity contribution is 5.80. The summed E-state index contributed by atoms with van der Waals surface area (Å²) in [4.78, 5) is 11.1. The van der Waals surface area contributed by atoms with E-state index in [-0.39, 0.29) is 11.9 Å². The van der Waals surface area contributed by atoms with E-state index in [0.29, 0.717) is 0 Å². The van der Waals surface area contributed by atoms with Gasteiger partial charge in [-0.15, -0.1) is 0 Å². The molecule has 0 aromatic carbocycles. The van der Waals surface area contributed by atoms with Crippen LogP contribution in [-0.2, 0) is 9.53 Å². The average molecular weight is 256 g/mol. The molecule has 0 aromatic rings. The molecule has 1 unspecified atom stereocenters. The van der Waals surface area contributed by atoms with Gasteiger partial charge in [-0.1, -0.05) is 65.2 Å². The third-order valence-corrected chi connectivity index (χ3v) is 3.39. The van der Waals surface area contributed by atoms with Gasteiger partial charge in [0, 0.05) is 6.61 Å². The summed E-state index contributed by atoms with van der Waals surface area (Å²) in [6, 6.07) is 0. The average Bonchev–Trinajstić information content (AvgIpc) is 2.35. The van der Waals surface area contributed by atoms with Gasteiger partial charge in [0.1, 0.15) is 6.10 Å². The number of hydrogen-bond acceptors (Lipinski definition) is 2. The van der Waals surface area contributed by atoms with Crippen LogP contribution in [0.3, 0.4) is 0 Å². The smallest absolute Gasteiger partial charge is 0.158 e. The number of Topliss-reactive ketones (excluding diaryl/α,β-unsaturated/α-hetero) is 1. The van der Waals surface area contributed by atoms with Crippen molar-refractivity contribution in [3.05, 3.63) is 0 Å². The highest BCUT2D eigenvalue weighted by Gasteiger charge is 2.10. The van der Waals surface area contributed by atoms with Crippen LogP contribution in [0.15, 0.2) is 0 Å². The zero-order valence-electron chi connectivity index (χ0n) is 12.7. The SMILES string of the molecule is CCCCCCCCCCCOC(CC)C(C)=O. The first-order chi connectivity index (χ1) is 8.72. The Hall–Kier alpha value is -0.370. The maximum atomic E-state index is 11.1. The largest absolute Gasteiger partial charge is 0.370 e. The third kappa shape index (κ3) is 10.8. The van der Waals surface area contributed by atoms with Gasteiger partial charge in [-0.05, 0) is 19.8 Å². The first kappa shape index (κ1) is 17.6. The molecule has 0 radical (unpaired) electrons. The van der Waals surface area contributed by atoms with Gasteiger partial charge in [-0.2, -0.15) is 0 Å². The fourth-order valence-corrected chi connectivity index (χ4v) is 2.16. The van der Waals surface area contributed by atoms with Gasteiger partial charge in [0.05, 0.1) is 0 Å². The normalized spacial score (nSPS) is 12.6. The summed E-state index contributed by atoms with van der Waals surface area (Å²) in [7, 11) is 0. The lowest BCUT2D eigenvalue weighted by atomic mass is 10.1. The second-order valence-corrected chi connectivity index (χ2v) is 5.21. The topological polar surface area (TPSA) is 26.3 Å². The van der Waals surface area contributed by atoms with E-state index in [1.54, 1.807) is 6.92 Å². The standard InChI is InChI=1S/C16H32O2/c1-4-6-7-8-9-10-11-12-13-14-18-16(5-2)15(3)17/h16H,4-14H2,1-3H3. The molecule has 2 heteroatoms. The molecular weight excluding hydrogens is 224 g/mol. The van der Waals surface area contributed by atoms with Gasteiger partial charge in [-0.25, -0.2) is 0 Å². The van der Waals surface area contributed by atoms with Crippen molar-refractivity contribution in [3.8, 4) is 0 Å². The molecule has 0 bridgehead atoms. The highest BCUT2D eigenvalue weighted by Crippen LogP contribution is 2.10. The molecule has 108 valence electrons. The lowest BCUT2D eigenvalue weighted by molar-refractivity contribution is -0.128. The van der Waals surface area contributed by atoms with E-state index in [4.69, 9.17) is 4.74 Å². The minimum atomic E-state index is -0.168. The summed E-state index contributed by atoms with van der Waals surface area (Å²) in [6.45, 7) is 6.62. The van der Waals surface area contributed by atoms with Crippen LogP contribution in [0.5, 0.6) is 0 Å². The van der Waals surface area contributed by atoms with Crippen molar-refractivity contribution < 1.29 is 9.53 Å². The Morgan fingerprint density at radius 3 is 1.83 bits per heavy atom. The van der Waals surface area contributed by atoms with Gasteiger partial charge >= 0.3 is 0 Å². The minimum absolute atomic E-state index is 0.161. The van der Waals surface area contributed by atoms with E-state index in [1.807, 2.05) is 6.92 Å². The molecule has 2 nitrogen and oxygen atoms in total. The van der Waals surface area contributed by atoms with E-state index < -0.39 is 0 Å². The molecular formula is C16H32O2. The minimum Gasteiger partial charge on any atom is -0.370 e. The third-order valence-electron chi connectivity index (χ3n) is 3.39. The Labute approximate surface area is 113 Å². The number of hydrogen-bond donors (Lipinski definition) is 0. The van der Waals surface area contributed by atoms with Gasteiger partial charge in [0.2, 0.25) is 0 Å². The Bertz CT molecular complexity index is 190. The fourth-order valence-electron chi connectivity index (χ4n) is 2.16. The summed E-state index contributed by atoms with van der Waals surface area (Å²) < 4.78 is 5.56. The van der Waals surface area contributed by atoms with Crippen molar-refractivity contribution in [2.75, 3.05) is 6.61 Å². The summed E-state index contributed by atoms with van der Waals surface area (Å²) in [6.07, 6.45) is 12.5. The maximum absolute atomic E-state index is 11.1. The van der Waals surface area contributed by atoms with E-state index in [9.17, 15) is 4.79 Å². The molecule has 0 saturated heterocycles. The predicted molar refractivity (Wildman–Crippen MR) is 77.9 cm³/mol. The van der Waals surface area contributed by atoms with Crippen LogP contribution in [0.25, 0.3) is 0 Å². The molecule has 0 aliphatic carbocycles. The number of unbranched alkanes of at least 4 members (excludes halogenated alkanes) is 8. The van der Waals surface area contributed by atoms with Crippen molar-refractivity contribution >= 4 is 5.78 Å². The number of ketones is 1. The summed E-state index contributed by atoms with van der Waals surface area (Å²) in [5, 5.41) is 0. The van der Waals surface area contributed by atoms with Crippen LogP contribution >= 0.6 is 0 Å². The summed E-state index contributed by atoms with van der Waals surface area (Å²) >= 11 is 0. The van der Waals surface area contributed by atoms with Crippen molar-refractivity contribution in [1.29, 1.82) is 0 Å². The zero-order valence-corrected chi connectivity index (χ0v) is 12.7. The Kier molecular flexibility index (Phi) is 12.8. The number of ether oxygens (including phenoxy) is 1. The summed E-state index contributed by atoms with van der Waals surface area (Å²) in [5.41, 5.74) is 0. The molecule has 0 aliphatic heterocycles. The van der Waals surface area contributed by atoms with Crippen LogP contribution in [0.4, 0.5) is 0 Å². The van der Waals surface area contributed by atoms with E-state index in [1.165, 1.54) is 51.4 Å². The summed E-state index contributed by atoms with van der Waals surface area (Å²) in [5.74, 6) is 0.161. The van der Waals surface area contributed by atoms with Crippen LogP contribution in [-0.4, -0.2) is 18.5 Å². The fraction of sp³-hybridized carbons (Fsp3) is 0.938. The quantitative estimate of drug-likeness (QED) is 0.438. The Morgan fingerprint density at radius 1 is 0.889 bits per heavy atom. The molecule has 0 N–H and O–H groups in total. The van der Waals surface area contributed by atoms with Crippen molar-refractivity contribution in [3.63, 3.8) is 0 Å². The second-order valence-electron chi connectivity index (χ2n) is 5.21. The molecule has 0 rings (SSSR count).